The molecule has 2 aliphatic rings. The summed E-state index contributed by atoms with van der Waals surface area (Å²) in [6.07, 6.45) is 11.5. The summed E-state index contributed by atoms with van der Waals surface area (Å²) in [5, 5.41) is 7.21. The molecule has 7 heterocycles. The van der Waals surface area contributed by atoms with Gasteiger partial charge in [0.05, 0.1) is 23.4 Å². The minimum absolute atomic E-state index is 0.0409. The maximum Gasteiger partial charge on any atom is 0.251 e. The Morgan fingerprint density at radius 3 is 1.82 bits per heavy atom. The van der Waals surface area contributed by atoms with Crippen LogP contribution >= 0.6 is 11.3 Å². The summed E-state index contributed by atoms with van der Waals surface area (Å²) in [7, 11) is 0. The highest BCUT2D eigenvalue weighted by molar-refractivity contribution is 7.19. The number of likely N-dealkylation sites (tertiary alicyclic amines) is 2. The molecule has 2 fully saturated rings. The Hall–Kier alpha value is -4.26. The number of benzene rings is 1. The van der Waals surface area contributed by atoms with Crippen molar-refractivity contribution in [3.63, 3.8) is 0 Å². The lowest BCUT2D eigenvalue weighted by molar-refractivity contribution is 0.191. The number of hydrogen-bond donors (Lipinski definition) is 2. The van der Waals surface area contributed by atoms with Crippen LogP contribution in [-0.2, 0) is 19.6 Å². The molecule has 0 bridgehead atoms. The Balaban J connectivity index is 0.000000170. The molecule has 3 N–H and O–H groups in total. The number of rotatable bonds is 9. The van der Waals surface area contributed by atoms with E-state index in [0.717, 1.165) is 93.3 Å². The average Bonchev–Trinajstić information content (AvgIpc) is 3.58. The van der Waals surface area contributed by atoms with E-state index in [1.807, 2.05) is 44.7 Å². The van der Waals surface area contributed by atoms with Crippen molar-refractivity contribution in [1.29, 1.82) is 0 Å². The third kappa shape index (κ3) is 8.36. The maximum atomic E-state index is 12.4. The Morgan fingerprint density at radius 2 is 1.24 bits per heavy atom. The second kappa shape index (κ2) is 16.2. The van der Waals surface area contributed by atoms with E-state index in [1.54, 1.807) is 36.9 Å². The van der Waals surface area contributed by atoms with E-state index in [1.165, 1.54) is 15.0 Å². The minimum atomic E-state index is 0.0409. The smallest absolute Gasteiger partial charge is 0.251 e. The molecule has 6 aromatic rings. The van der Waals surface area contributed by atoms with Gasteiger partial charge in [0, 0.05) is 89.7 Å². The summed E-state index contributed by atoms with van der Waals surface area (Å²) in [6.45, 7) is 8.35. The Bertz CT molecular complexity index is 2110. The van der Waals surface area contributed by atoms with Gasteiger partial charge in [0.15, 0.2) is 0 Å². The quantitative estimate of drug-likeness (QED) is 0.225. The molecule has 0 aliphatic carbocycles. The van der Waals surface area contributed by atoms with Crippen LogP contribution in [0.3, 0.4) is 0 Å². The number of fused-ring (bicyclic) bond motifs is 3. The van der Waals surface area contributed by atoms with Gasteiger partial charge < -0.3 is 30.0 Å². The molecular formula is C39H46N8O2S. The first-order chi connectivity index (χ1) is 24.5. The molecule has 260 valence electrons. The highest BCUT2D eigenvalue weighted by Gasteiger charge is 2.19. The minimum Gasteiger partial charge on any atom is -0.328 e. The maximum absolute atomic E-state index is 12.4. The van der Waals surface area contributed by atoms with Crippen LogP contribution in [0.4, 0.5) is 0 Å². The van der Waals surface area contributed by atoms with Gasteiger partial charge in [0.25, 0.3) is 11.1 Å². The van der Waals surface area contributed by atoms with Gasteiger partial charge in [-0.1, -0.05) is 18.2 Å². The third-order valence-corrected chi connectivity index (χ3v) is 11.2. The molecule has 50 heavy (non-hydrogen) atoms. The molecule has 10 nitrogen and oxygen atoms in total. The van der Waals surface area contributed by atoms with Gasteiger partial charge >= 0.3 is 0 Å². The van der Waals surface area contributed by atoms with Crippen molar-refractivity contribution < 1.29 is 0 Å². The molecule has 2 aliphatic heterocycles. The van der Waals surface area contributed by atoms with Gasteiger partial charge in [-0.25, -0.2) is 0 Å². The number of nitrogens with zero attached hydrogens (tertiary/aromatic N) is 6. The van der Waals surface area contributed by atoms with Gasteiger partial charge in [-0.2, -0.15) is 0 Å². The van der Waals surface area contributed by atoms with E-state index in [0.29, 0.717) is 25.2 Å². The van der Waals surface area contributed by atoms with Crippen molar-refractivity contribution >= 4 is 43.2 Å². The first-order valence-electron chi connectivity index (χ1n) is 17.8. The summed E-state index contributed by atoms with van der Waals surface area (Å²) in [6, 6.07) is 22.7. The van der Waals surface area contributed by atoms with Gasteiger partial charge in [0.1, 0.15) is 0 Å². The molecule has 0 atom stereocenters. The van der Waals surface area contributed by atoms with Crippen LogP contribution in [0.1, 0.15) is 30.6 Å². The predicted octanol–water partition coefficient (Wildman–Crippen LogP) is 4.69. The monoisotopic (exact) mass is 690 g/mol. The molecule has 0 spiro atoms. The molecule has 5 aromatic heterocycles. The largest absolute Gasteiger partial charge is 0.328 e. The van der Waals surface area contributed by atoms with Crippen LogP contribution in [-0.4, -0.2) is 80.3 Å². The molecule has 0 unspecified atom stereocenters. The fourth-order valence-corrected chi connectivity index (χ4v) is 8.13. The van der Waals surface area contributed by atoms with Crippen LogP contribution in [0.2, 0.25) is 0 Å². The first kappa shape index (κ1) is 34.2. The number of pyridine rings is 4. The standard InChI is InChI=1S/C24H26N4OS.C15H20N4O/c29-24-6-5-18-7-10-25-17-22(18)28(24)14-13-27-11-8-20(9-12-27)26-16-21-15-19-3-1-2-4-23(19)30-21;16-13-4-7-18(8-5-13)9-10-19-14-11-17-6-3-12(14)1-2-15(19)20/h1-7,10,15,17,20,26H,8-9,11-14,16H2;1-3,6,11,13H,4-5,7-10,16H2. The lowest BCUT2D eigenvalue weighted by Crippen LogP contribution is -2.43. The number of thiophene rings is 1. The van der Waals surface area contributed by atoms with E-state index >= 15 is 0 Å². The van der Waals surface area contributed by atoms with Crippen LogP contribution < -0.4 is 22.2 Å². The molecule has 0 saturated carbocycles. The zero-order chi connectivity index (χ0) is 34.3. The van der Waals surface area contributed by atoms with Crippen molar-refractivity contribution in [2.24, 2.45) is 5.73 Å². The highest BCUT2D eigenvalue weighted by Crippen LogP contribution is 2.25. The number of nitrogens with one attached hydrogen (secondary N) is 1. The zero-order valence-corrected chi connectivity index (χ0v) is 29.3. The second-order valence-corrected chi connectivity index (χ2v) is 14.6. The van der Waals surface area contributed by atoms with E-state index in [4.69, 9.17) is 5.73 Å². The summed E-state index contributed by atoms with van der Waals surface area (Å²) >= 11 is 1.88. The summed E-state index contributed by atoms with van der Waals surface area (Å²) in [5.74, 6) is 0. The average molecular weight is 691 g/mol. The molecule has 0 amide bonds. The van der Waals surface area contributed by atoms with Gasteiger partial charge in [-0.15, -0.1) is 11.3 Å². The molecular weight excluding hydrogens is 645 g/mol. The molecule has 8 rings (SSSR count). The molecule has 2 saturated heterocycles. The van der Waals surface area contributed by atoms with Crippen molar-refractivity contribution in [3.05, 3.63) is 117 Å². The van der Waals surface area contributed by atoms with Gasteiger partial charge in [0.2, 0.25) is 0 Å². The molecule has 11 heteroatoms. The van der Waals surface area contributed by atoms with Gasteiger partial charge in [-0.3, -0.25) is 19.6 Å². The predicted molar refractivity (Wildman–Crippen MR) is 204 cm³/mol. The Labute approximate surface area is 296 Å². The van der Waals surface area contributed by atoms with Crippen LogP contribution in [0.15, 0.2) is 101 Å². The topological polar surface area (TPSA) is 114 Å². The van der Waals surface area contributed by atoms with Crippen molar-refractivity contribution in [2.45, 2.75) is 57.4 Å². The molecule has 1 aromatic carbocycles. The number of hydrogen-bond acceptors (Lipinski definition) is 9. The van der Waals surface area contributed by atoms with Crippen molar-refractivity contribution in [3.8, 4) is 0 Å². The van der Waals surface area contributed by atoms with E-state index in [2.05, 4.69) is 55.4 Å². The first-order valence-corrected chi connectivity index (χ1v) is 18.6. The third-order valence-electron chi connectivity index (χ3n) is 10.1. The Morgan fingerprint density at radius 1 is 0.680 bits per heavy atom. The van der Waals surface area contributed by atoms with Crippen molar-refractivity contribution in [2.75, 3.05) is 39.3 Å². The summed E-state index contributed by atoms with van der Waals surface area (Å²) < 4.78 is 5.04. The Kier molecular flexibility index (Phi) is 11.1. The van der Waals surface area contributed by atoms with E-state index in [9.17, 15) is 9.59 Å². The normalized spacial score (nSPS) is 16.6. The number of nitrogens with two attached hydrogens (primary N) is 1. The fraction of sp³-hybridized carbons (Fsp3) is 0.385. The molecule has 0 radical (unpaired) electrons. The summed E-state index contributed by atoms with van der Waals surface area (Å²) in [4.78, 5) is 39.0. The highest BCUT2D eigenvalue weighted by atomic mass is 32.1. The van der Waals surface area contributed by atoms with Crippen LogP contribution in [0.25, 0.3) is 31.9 Å². The SMILES string of the molecule is NC1CCN(CCn2c(=O)ccc3ccncc32)CC1.O=c1ccc2ccncc2n1CCN1CCC(NCc2cc3ccccc3s2)CC1. The second-order valence-electron chi connectivity index (χ2n) is 13.4. The fourth-order valence-electron chi connectivity index (χ4n) is 7.12. The number of aromatic nitrogens is 4. The van der Waals surface area contributed by atoms with Gasteiger partial charge in [-0.05, 0) is 93.6 Å². The lowest BCUT2D eigenvalue weighted by Gasteiger charge is -2.32. The van der Waals surface area contributed by atoms with E-state index < -0.39 is 0 Å². The van der Waals surface area contributed by atoms with Crippen LogP contribution in [0.5, 0.6) is 0 Å². The lowest BCUT2D eigenvalue weighted by atomic mass is 10.1. The van der Waals surface area contributed by atoms with Crippen molar-refractivity contribution in [1.82, 2.24) is 34.2 Å². The zero-order valence-electron chi connectivity index (χ0n) is 28.5. The van der Waals surface area contributed by atoms with Crippen LogP contribution in [0, 0.1) is 0 Å². The van der Waals surface area contributed by atoms with E-state index in [-0.39, 0.29) is 11.1 Å². The number of piperidine rings is 2. The summed E-state index contributed by atoms with van der Waals surface area (Å²) in [5.41, 5.74) is 7.84.